The van der Waals surface area contributed by atoms with Crippen LogP contribution >= 0.6 is 11.6 Å². The first kappa shape index (κ1) is 30.3. The van der Waals surface area contributed by atoms with E-state index in [2.05, 4.69) is 31.2 Å². The molecule has 5 heterocycles. The molecule has 2 aliphatic heterocycles. The van der Waals surface area contributed by atoms with Crippen LogP contribution in [0, 0.1) is 18.3 Å². The van der Waals surface area contributed by atoms with Gasteiger partial charge in [0.05, 0.1) is 46.5 Å². The van der Waals surface area contributed by atoms with Crippen molar-refractivity contribution < 1.29 is 13.2 Å². The van der Waals surface area contributed by atoms with Crippen LogP contribution in [0.15, 0.2) is 47.4 Å². The van der Waals surface area contributed by atoms with Crippen molar-refractivity contribution in [3.05, 3.63) is 80.5 Å². The van der Waals surface area contributed by atoms with Gasteiger partial charge in [0.25, 0.3) is 11.5 Å². The van der Waals surface area contributed by atoms with Crippen molar-refractivity contribution in [1.82, 2.24) is 24.2 Å². The molecule has 0 aliphatic carbocycles. The Morgan fingerprint density at radius 1 is 1.13 bits per heavy atom. The van der Waals surface area contributed by atoms with Gasteiger partial charge in [-0.05, 0) is 56.2 Å². The molecule has 13 nitrogen and oxygen atoms in total. The number of piperazine rings is 1. The van der Waals surface area contributed by atoms with Crippen LogP contribution in [0.5, 0.6) is 0 Å². The second-order valence-corrected chi connectivity index (χ2v) is 13.6. The van der Waals surface area contributed by atoms with E-state index in [1.165, 1.54) is 6.07 Å². The Labute approximate surface area is 264 Å². The number of amides is 1. The highest BCUT2D eigenvalue weighted by Crippen LogP contribution is 2.37. The number of nitriles is 1. The lowest BCUT2D eigenvalue weighted by molar-refractivity contribution is 0.0977. The van der Waals surface area contributed by atoms with Crippen molar-refractivity contribution in [2.45, 2.75) is 38.4 Å². The number of anilines is 3. The Balaban J connectivity index is 1.34. The van der Waals surface area contributed by atoms with Crippen LogP contribution in [0.3, 0.4) is 0 Å². The molecule has 0 spiro atoms. The summed E-state index contributed by atoms with van der Waals surface area (Å²) in [4.78, 5) is 44.5. The predicted octanol–water partition coefficient (Wildman–Crippen LogP) is 2.89. The standard InChI is InChI=1S/C30H30ClN9O4S/c1-16-9-21(17(2)34-23-6-7-24(31)35-27(23)28(41)37-45(4,43)44)26-22(10-16)29(42)38(3)30(36-26)40-15-19-11-20(40)14-39(19)25-8-5-18(12-32)13-33-25/h5-10,13,17,19-20,34H,11,14-15H2,1-4H3,(H,37,41)/t17-,19+,20+/m1/s1. The largest absolute Gasteiger partial charge is 0.377 e. The maximum absolute atomic E-state index is 13.8. The zero-order valence-corrected chi connectivity index (χ0v) is 26.5. The summed E-state index contributed by atoms with van der Waals surface area (Å²) in [5.74, 6) is 0.457. The minimum absolute atomic E-state index is 0.0242. The number of nitrogens with zero attached hydrogens (tertiary/aromatic N) is 7. The Hall–Kier alpha value is -4.74. The van der Waals surface area contributed by atoms with Crippen LogP contribution in [0.25, 0.3) is 10.9 Å². The maximum atomic E-state index is 13.8. The van der Waals surface area contributed by atoms with Crippen LogP contribution < -0.4 is 25.4 Å². The minimum atomic E-state index is -3.84. The first-order valence-electron chi connectivity index (χ1n) is 14.2. The van der Waals surface area contributed by atoms with Gasteiger partial charge >= 0.3 is 0 Å². The molecule has 4 aromatic rings. The average Bonchev–Trinajstić information content (AvgIpc) is 3.60. The quantitative estimate of drug-likeness (QED) is 0.283. The molecule has 3 aromatic heterocycles. The number of carbonyl (C=O) groups excluding carboxylic acids is 1. The molecule has 2 fully saturated rings. The van der Waals surface area contributed by atoms with Crippen LogP contribution in [-0.2, 0) is 17.1 Å². The number of sulfonamides is 1. The fraction of sp³-hybridized carbons (Fsp3) is 0.333. The van der Waals surface area contributed by atoms with E-state index in [4.69, 9.17) is 21.8 Å². The van der Waals surface area contributed by atoms with Crippen molar-refractivity contribution in [2.24, 2.45) is 7.05 Å². The summed E-state index contributed by atoms with van der Waals surface area (Å²) in [6, 6.07) is 12.3. The smallest absolute Gasteiger partial charge is 0.285 e. The second kappa shape index (κ2) is 11.3. The van der Waals surface area contributed by atoms with E-state index in [1.54, 1.807) is 29.9 Å². The van der Waals surface area contributed by atoms with Gasteiger partial charge in [-0.15, -0.1) is 0 Å². The normalized spacial score (nSPS) is 18.2. The molecular weight excluding hydrogens is 618 g/mol. The molecule has 2 N–H and O–H groups in total. The number of halogens is 1. The van der Waals surface area contributed by atoms with Crippen molar-refractivity contribution in [2.75, 3.05) is 34.5 Å². The van der Waals surface area contributed by atoms with Gasteiger partial charge in [-0.2, -0.15) is 5.26 Å². The number of rotatable bonds is 7. The molecule has 45 heavy (non-hydrogen) atoms. The number of nitrogens with one attached hydrogen (secondary N) is 2. The molecule has 3 atom stereocenters. The van der Waals surface area contributed by atoms with Crippen LogP contribution in [0.1, 0.15) is 46.6 Å². The van der Waals surface area contributed by atoms with E-state index >= 15 is 0 Å². The average molecular weight is 648 g/mol. The number of carbonyl (C=O) groups is 1. The highest BCUT2D eigenvalue weighted by molar-refractivity contribution is 7.89. The molecule has 0 unspecified atom stereocenters. The van der Waals surface area contributed by atoms with Gasteiger partial charge in [-0.3, -0.25) is 14.2 Å². The van der Waals surface area contributed by atoms with Crippen molar-refractivity contribution >= 4 is 55.9 Å². The summed E-state index contributed by atoms with van der Waals surface area (Å²) in [6.07, 6.45) is 3.34. The number of aromatic nitrogens is 4. The lowest BCUT2D eigenvalue weighted by Gasteiger charge is -2.36. The molecule has 0 radical (unpaired) electrons. The summed E-state index contributed by atoms with van der Waals surface area (Å²) >= 11 is 6.04. The molecule has 2 saturated heterocycles. The Bertz CT molecular complexity index is 2060. The summed E-state index contributed by atoms with van der Waals surface area (Å²) < 4.78 is 27.0. The molecule has 2 bridgehead atoms. The van der Waals surface area contributed by atoms with Crippen molar-refractivity contribution in [1.29, 1.82) is 5.26 Å². The summed E-state index contributed by atoms with van der Waals surface area (Å²) in [6.45, 7) is 5.11. The summed E-state index contributed by atoms with van der Waals surface area (Å²) in [5, 5.41) is 12.8. The zero-order chi connectivity index (χ0) is 32.2. The molecule has 2 aliphatic rings. The number of benzene rings is 1. The van der Waals surface area contributed by atoms with Gasteiger partial charge < -0.3 is 15.1 Å². The third kappa shape index (κ3) is 5.76. The molecule has 6 rings (SSSR count). The van der Waals surface area contributed by atoms with Gasteiger partial charge in [0, 0.05) is 31.9 Å². The number of fused-ring (bicyclic) bond motifs is 3. The second-order valence-electron chi connectivity index (χ2n) is 11.5. The lowest BCUT2D eigenvalue weighted by Crippen LogP contribution is -2.48. The van der Waals surface area contributed by atoms with Crippen LogP contribution in [0.2, 0.25) is 5.15 Å². The molecule has 0 saturated carbocycles. The Morgan fingerprint density at radius 2 is 1.87 bits per heavy atom. The van der Waals surface area contributed by atoms with Gasteiger partial charge in [0.1, 0.15) is 17.0 Å². The molecular formula is C30H30ClN9O4S. The van der Waals surface area contributed by atoms with Crippen LogP contribution in [0.4, 0.5) is 17.5 Å². The fourth-order valence-electron chi connectivity index (χ4n) is 6.20. The Kier molecular flexibility index (Phi) is 7.62. The predicted molar refractivity (Wildman–Crippen MR) is 171 cm³/mol. The van der Waals surface area contributed by atoms with E-state index in [9.17, 15) is 18.0 Å². The number of pyridine rings is 2. The van der Waals surface area contributed by atoms with E-state index in [-0.39, 0.29) is 34.2 Å². The SMILES string of the molecule is Cc1cc([C@@H](C)Nc2ccc(Cl)nc2C(=O)NS(C)(=O)=O)c2nc(N3C[C@@H]4C[C@H]3CN4c3ccc(C#N)cn3)n(C)c(=O)c2c1. The molecule has 1 aromatic carbocycles. The highest BCUT2D eigenvalue weighted by atomic mass is 35.5. The van der Waals surface area contributed by atoms with Crippen molar-refractivity contribution in [3.8, 4) is 6.07 Å². The van der Waals surface area contributed by atoms with Gasteiger partial charge in [-0.25, -0.2) is 28.1 Å². The number of aryl methyl sites for hydroxylation is 1. The fourth-order valence-corrected chi connectivity index (χ4v) is 6.78. The van der Waals surface area contributed by atoms with E-state index < -0.39 is 22.0 Å². The monoisotopic (exact) mass is 647 g/mol. The summed E-state index contributed by atoms with van der Waals surface area (Å²) in [7, 11) is -2.12. The lowest BCUT2D eigenvalue weighted by atomic mass is 10.0. The zero-order valence-electron chi connectivity index (χ0n) is 24.9. The van der Waals surface area contributed by atoms with E-state index in [1.807, 2.05) is 36.8 Å². The summed E-state index contributed by atoms with van der Waals surface area (Å²) in [5.41, 5.74) is 2.51. The first-order valence-corrected chi connectivity index (χ1v) is 16.5. The molecule has 1 amide bonds. The van der Waals surface area contributed by atoms with Gasteiger partial charge in [0.2, 0.25) is 16.0 Å². The minimum Gasteiger partial charge on any atom is -0.377 e. The van der Waals surface area contributed by atoms with Crippen molar-refractivity contribution in [3.63, 3.8) is 0 Å². The first-order chi connectivity index (χ1) is 21.3. The highest BCUT2D eigenvalue weighted by Gasteiger charge is 2.45. The van der Waals surface area contributed by atoms with Gasteiger partial charge in [0.15, 0.2) is 5.69 Å². The maximum Gasteiger partial charge on any atom is 0.285 e. The Morgan fingerprint density at radius 3 is 2.51 bits per heavy atom. The third-order valence-electron chi connectivity index (χ3n) is 8.19. The number of hydrogen-bond donors (Lipinski definition) is 2. The number of hydrogen-bond acceptors (Lipinski definition) is 11. The molecule has 15 heteroatoms. The van der Waals surface area contributed by atoms with E-state index in [0.29, 0.717) is 35.5 Å². The third-order valence-corrected chi connectivity index (χ3v) is 8.96. The van der Waals surface area contributed by atoms with Crippen LogP contribution in [-0.4, -0.2) is 65.3 Å². The van der Waals surface area contributed by atoms with Gasteiger partial charge in [-0.1, -0.05) is 17.7 Å². The topological polar surface area (TPSA) is 166 Å². The van der Waals surface area contributed by atoms with E-state index in [0.717, 1.165) is 29.6 Å². The molecule has 232 valence electrons.